The maximum atomic E-state index is 9.63. The molecule has 0 spiro atoms. The van der Waals surface area contributed by atoms with Crippen molar-refractivity contribution in [3.05, 3.63) is 0 Å². The van der Waals surface area contributed by atoms with Crippen LogP contribution >= 0.6 is 0 Å². The van der Waals surface area contributed by atoms with Crippen molar-refractivity contribution in [2.75, 3.05) is 0 Å². The maximum absolute atomic E-state index is 9.63. The Morgan fingerprint density at radius 3 is 2.50 bits per heavy atom. The first-order valence-electron chi connectivity index (χ1n) is 10.1. The van der Waals surface area contributed by atoms with Crippen LogP contribution in [0.3, 0.4) is 0 Å². The van der Waals surface area contributed by atoms with Gasteiger partial charge in [-0.25, -0.2) is 0 Å². The van der Waals surface area contributed by atoms with Gasteiger partial charge >= 0.3 is 0 Å². The molecule has 124 valence electrons. The van der Waals surface area contributed by atoms with Crippen LogP contribution in [0.2, 0.25) is 0 Å². The highest BCUT2D eigenvalue weighted by atomic mass is 14.5. The molecule has 4 unspecified atom stereocenters. The summed E-state index contributed by atoms with van der Waals surface area (Å²) in [5.74, 6) is 4.94. The van der Waals surface area contributed by atoms with Crippen LogP contribution < -0.4 is 0 Å². The third-order valence-electron chi connectivity index (χ3n) is 7.70. The van der Waals surface area contributed by atoms with E-state index in [2.05, 4.69) is 19.9 Å². The van der Waals surface area contributed by atoms with Gasteiger partial charge in [-0.2, -0.15) is 5.26 Å². The topological polar surface area (TPSA) is 23.8 Å². The Labute approximate surface area is 137 Å². The molecule has 0 aliphatic heterocycles. The lowest BCUT2D eigenvalue weighted by atomic mass is 9.52. The van der Waals surface area contributed by atoms with Crippen LogP contribution in [0.15, 0.2) is 0 Å². The summed E-state index contributed by atoms with van der Waals surface area (Å²) >= 11 is 0. The van der Waals surface area contributed by atoms with E-state index in [-0.39, 0.29) is 5.41 Å². The van der Waals surface area contributed by atoms with E-state index >= 15 is 0 Å². The van der Waals surface area contributed by atoms with Gasteiger partial charge in [0.25, 0.3) is 0 Å². The number of fused-ring (bicyclic) bond motifs is 3. The smallest absolute Gasteiger partial charge is 0.0689 e. The summed E-state index contributed by atoms with van der Waals surface area (Å²) < 4.78 is 0. The average Bonchev–Trinajstić information content (AvgIpc) is 2.58. The van der Waals surface area contributed by atoms with Gasteiger partial charge in [0.1, 0.15) is 0 Å². The van der Waals surface area contributed by atoms with Gasteiger partial charge in [-0.15, -0.1) is 0 Å². The molecular formula is C21H35N. The highest BCUT2D eigenvalue weighted by Crippen LogP contribution is 2.56. The second-order valence-electron chi connectivity index (χ2n) is 8.74. The van der Waals surface area contributed by atoms with Crippen molar-refractivity contribution < 1.29 is 0 Å². The number of nitriles is 1. The Morgan fingerprint density at radius 1 is 1.00 bits per heavy atom. The molecule has 22 heavy (non-hydrogen) atoms. The quantitative estimate of drug-likeness (QED) is 0.594. The molecule has 0 heterocycles. The molecule has 0 aromatic heterocycles. The van der Waals surface area contributed by atoms with Crippen molar-refractivity contribution in [1.82, 2.24) is 0 Å². The summed E-state index contributed by atoms with van der Waals surface area (Å²) in [4.78, 5) is 0. The number of nitrogens with zero attached hydrogens (tertiary/aromatic N) is 1. The largest absolute Gasteiger partial charge is 0.198 e. The van der Waals surface area contributed by atoms with Crippen molar-refractivity contribution in [2.45, 2.75) is 90.9 Å². The van der Waals surface area contributed by atoms with E-state index < -0.39 is 0 Å². The maximum Gasteiger partial charge on any atom is 0.0689 e. The van der Waals surface area contributed by atoms with Gasteiger partial charge in [0.2, 0.25) is 0 Å². The van der Waals surface area contributed by atoms with Gasteiger partial charge < -0.3 is 0 Å². The summed E-state index contributed by atoms with van der Waals surface area (Å²) in [6, 6.07) is 2.70. The number of hydrogen-bond donors (Lipinski definition) is 0. The SMILES string of the molecule is CCCC[C@H]1CCC2C(CCC3C[C@@](C#N)(CC)CCC32)C1. The third kappa shape index (κ3) is 3.08. The van der Waals surface area contributed by atoms with E-state index in [0.29, 0.717) is 0 Å². The van der Waals surface area contributed by atoms with Crippen LogP contribution in [-0.2, 0) is 0 Å². The van der Waals surface area contributed by atoms with Crippen molar-refractivity contribution in [2.24, 2.45) is 35.0 Å². The fourth-order valence-corrected chi connectivity index (χ4v) is 6.28. The summed E-state index contributed by atoms with van der Waals surface area (Å²) in [6.07, 6.45) is 16.6. The van der Waals surface area contributed by atoms with E-state index in [9.17, 15) is 5.26 Å². The zero-order chi connectivity index (χ0) is 15.6. The number of rotatable bonds is 4. The van der Waals surface area contributed by atoms with E-state index in [0.717, 1.165) is 36.0 Å². The van der Waals surface area contributed by atoms with Crippen LogP contribution in [0.5, 0.6) is 0 Å². The lowest BCUT2D eigenvalue weighted by molar-refractivity contribution is -0.0167. The van der Waals surface area contributed by atoms with Gasteiger partial charge in [-0.1, -0.05) is 39.5 Å². The molecule has 3 aliphatic rings. The van der Waals surface area contributed by atoms with E-state index in [1.54, 1.807) is 0 Å². The molecule has 0 radical (unpaired) electrons. The normalized spacial score (nSPS) is 44.7. The Morgan fingerprint density at radius 2 is 1.77 bits per heavy atom. The molecule has 3 fully saturated rings. The van der Waals surface area contributed by atoms with Gasteiger partial charge in [0.05, 0.1) is 11.5 Å². The van der Waals surface area contributed by atoms with E-state index in [1.807, 2.05) is 0 Å². The van der Waals surface area contributed by atoms with E-state index in [4.69, 9.17) is 0 Å². The van der Waals surface area contributed by atoms with Gasteiger partial charge in [-0.3, -0.25) is 0 Å². The third-order valence-corrected chi connectivity index (χ3v) is 7.70. The molecule has 0 aromatic carbocycles. The second kappa shape index (κ2) is 6.94. The molecular weight excluding hydrogens is 266 g/mol. The molecule has 3 saturated carbocycles. The highest BCUT2D eigenvalue weighted by molar-refractivity contribution is 5.05. The Kier molecular flexibility index (Phi) is 5.16. The van der Waals surface area contributed by atoms with Gasteiger partial charge in [-0.05, 0) is 81.0 Å². The summed E-state index contributed by atoms with van der Waals surface area (Å²) in [5.41, 5.74) is 0.0341. The average molecular weight is 302 g/mol. The van der Waals surface area contributed by atoms with E-state index in [1.165, 1.54) is 70.6 Å². The standard InChI is InChI=1S/C21H35N/c1-3-5-6-16-7-10-19-17(13-16)8-9-18-14-21(4-2,15-22)12-11-20(18)19/h16-20H,3-14H2,1-2H3/t16-,17?,18?,19?,20?,21+/m0/s1. The molecule has 0 bridgehead atoms. The van der Waals surface area contributed by atoms with Crippen LogP contribution in [0, 0.1) is 46.3 Å². The minimum atomic E-state index is 0.0341. The summed E-state index contributed by atoms with van der Waals surface area (Å²) in [7, 11) is 0. The molecule has 0 saturated heterocycles. The lowest BCUT2D eigenvalue weighted by Crippen LogP contribution is -2.43. The van der Waals surface area contributed by atoms with Crippen molar-refractivity contribution in [1.29, 1.82) is 5.26 Å². The zero-order valence-electron chi connectivity index (χ0n) is 14.8. The fourth-order valence-electron chi connectivity index (χ4n) is 6.28. The van der Waals surface area contributed by atoms with Gasteiger partial charge in [0, 0.05) is 0 Å². The van der Waals surface area contributed by atoms with Crippen LogP contribution in [-0.4, -0.2) is 0 Å². The molecule has 0 aromatic rings. The van der Waals surface area contributed by atoms with Crippen molar-refractivity contribution in [3.8, 4) is 6.07 Å². The van der Waals surface area contributed by atoms with Gasteiger partial charge in [0.15, 0.2) is 0 Å². The highest BCUT2D eigenvalue weighted by Gasteiger charge is 2.47. The van der Waals surface area contributed by atoms with Crippen LogP contribution in [0.4, 0.5) is 0 Å². The summed E-state index contributed by atoms with van der Waals surface area (Å²) in [5, 5.41) is 9.63. The lowest BCUT2D eigenvalue weighted by Gasteiger charge is -2.52. The molecule has 0 amide bonds. The van der Waals surface area contributed by atoms with Crippen LogP contribution in [0.25, 0.3) is 0 Å². The Balaban J connectivity index is 1.61. The zero-order valence-corrected chi connectivity index (χ0v) is 14.8. The Hall–Kier alpha value is -0.510. The second-order valence-corrected chi connectivity index (χ2v) is 8.74. The fraction of sp³-hybridized carbons (Fsp3) is 0.952. The molecule has 0 N–H and O–H groups in total. The molecule has 1 nitrogen and oxygen atoms in total. The monoisotopic (exact) mass is 301 g/mol. The predicted molar refractivity (Wildman–Crippen MR) is 92.2 cm³/mol. The van der Waals surface area contributed by atoms with Crippen molar-refractivity contribution in [3.63, 3.8) is 0 Å². The molecule has 6 atom stereocenters. The molecule has 1 heteroatoms. The van der Waals surface area contributed by atoms with Crippen LogP contribution in [0.1, 0.15) is 90.9 Å². The first kappa shape index (κ1) is 16.4. The molecule has 3 aliphatic carbocycles. The first-order valence-corrected chi connectivity index (χ1v) is 10.1. The first-order chi connectivity index (χ1) is 10.7. The van der Waals surface area contributed by atoms with Crippen molar-refractivity contribution >= 4 is 0 Å². The minimum Gasteiger partial charge on any atom is -0.198 e. The number of hydrogen-bond acceptors (Lipinski definition) is 1. The number of unbranched alkanes of at least 4 members (excludes halogenated alkanes) is 1. The molecule has 3 rings (SSSR count). The minimum absolute atomic E-state index is 0.0341. The summed E-state index contributed by atoms with van der Waals surface area (Å²) in [6.45, 7) is 4.56. The predicted octanol–water partition coefficient (Wildman–Crippen LogP) is 6.34. The Bertz CT molecular complexity index is 409.